The lowest BCUT2D eigenvalue weighted by atomic mass is 10.2. The van der Waals surface area contributed by atoms with Gasteiger partial charge in [-0.3, -0.25) is 14.5 Å². The second kappa shape index (κ2) is 5.84. The number of benzene rings is 1. The third kappa shape index (κ3) is 2.93. The fourth-order valence-corrected chi connectivity index (χ4v) is 2.20. The number of hydrogen-bond donors (Lipinski definition) is 1. The molecule has 19 heavy (non-hydrogen) atoms. The number of imide groups is 1. The third-order valence-corrected chi connectivity index (χ3v) is 3.25. The van der Waals surface area contributed by atoms with Crippen LogP contribution in [-0.2, 0) is 16.1 Å². The number of likely N-dealkylation sites (N-methyl/N-ethyl adjacent to an activating group) is 1. The number of likely N-dealkylation sites (tertiary alicyclic amines) is 1. The number of carbonyl (C=O) groups excluding carboxylic acids is 2. The molecule has 1 atom stereocenters. The number of nitrogens with zero attached hydrogens (tertiary/aromatic N) is 1. The molecular weight excluding hydrogens is 244 g/mol. The molecule has 0 saturated carbocycles. The van der Waals surface area contributed by atoms with Gasteiger partial charge in [-0.2, -0.15) is 0 Å². The maximum absolute atomic E-state index is 11.9. The molecule has 0 aromatic heterocycles. The fourth-order valence-electron chi connectivity index (χ4n) is 2.20. The molecule has 102 valence electrons. The number of hydrogen-bond acceptors (Lipinski definition) is 4. The van der Waals surface area contributed by atoms with Crippen LogP contribution in [0.15, 0.2) is 24.3 Å². The number of rotatable bonds is 5. The highest BCUT2D eigenvalue weighted by Gasteiger charge is 2.36. The number of methoxy groups -OCH3 is 1. The second-order valence-corrected chi connectivity index (χ2v) is 4.47. The zero-order valence-corrected chi connectivity index (χ0v) is 11.2. The summed E-state index contributed by atoms with van der Waals surface area (Å²) >= 11 is 0. The van der Waals surface area contributed by atoms with E-state index in [0.29, 0.717) is 13.1 Å². The zero-order chi connectivity index (χ0) is 13.8. The number of nitrogens with one attached hydrogen (secondary N) is 1. The molecule has 0 bridgehead atoms. The second-order valence-electron chi connectivity index (χ2n) is 4.47. The van der Waals surface area contributed by atoms with Gasteiger partial charge in [0.2, 0.25) is 11.8 Å². The minimum Gasteiger partial charge on any atom is -0.497 e. The Kier molecular flexibility index (Phi) is 4.16. The predicted octanol–water partition coefficient (Wildman–Crippen LogP) is 0.932. The van der Waals surface area contributed by atoms with Crippen molar-refractivity contribution in [1.82, 2.24) is 10.2 Å². The fraction of sp³-hybridized carbons (Fsp3) is 0.429. The highest BCUT2D eigenvalue weighted by Crippen LogP contribution is 2.15. The number of carbonyl (C=O) groups is 2. The molecular formula is C14H18N2O3. The van der Waals surface area contributed by atoms with Gasteiger partial charge in [-0.15, -0.1) is 0 Å². The summed E-state index contributed by atoms with van der Waals surface area (Å²) in [6.45, 7) is 2.79. The average Bonchev–Trinajstić information content (AvgIpc) is 2.71. The van der Waals surface area contributed by atoms with Crippen LogP contribution in [0.25, 0.3) is 0 Å². The Morgan fingerprint density at radius 1 is 1.42 bits per heavy atom. The molecule has 1 aliphatic rings. The minimum absolute atomic E-state index is 0.101. The monoisotopic (exact) mass is 262 g/mol. The SMILES string of the molecule is CCN1C(=O)CC(NCc2cccc(OC)c2)C1=O. The maximum atomic E-state index is 11.9. The van der Waals surface area contributed by atoms with Crippen LogP contribution in [-0.4, -0.2) is 36.4 Å². The van der Waals surface area contributed by atoms with E-state index in [1.165, 1.54) is 4.90 Å². The van der Waals surface area contributed by atoms with E-state index in [0.717, 1.165) is 11.3 Å². The van der Waals surface area contributed by atoms with Crippen molar-refractivity contribution in [3.63, 3.8) is 0 Å². The maximum Gasteiger partial charge on any atom is 0.246 e. The van der Waals surface area contributed by atoms with E-state index in [4.69, 9.17) is 4.74 Å². The van der Waals surface area contributed by atoms with E-state index < -0.39 is 6.04 Å². The van der Waals surface area contributed by atoms with Gasteiger partial charge in [-0.1, -0.05) is 12.1 Å². The highest BCUT2D eigenvalue weighted by atomic mass is 16.5. The summed E-state index contributed by atoms with van der Waals surface area (Å²) in [5.41, 5.74) is 1.02. The van der Waals surface area contributed by atoms with Crippen LogP contribution in [0.1, 0.15) is 18.9 Å². The van der Waals surface area contributed by atoms with E-state index >= 15 is 0 Å². The van der Waals surface area contributed by atoms with Crippen molar-refractivity contribution < 1.29 is 14.3 Å². The molecule has 5 heteroatoms. The van der Waals surface area contributed by atoms with Crippen molar-refractivity contribution >= 4 is 11.8 Å². The molecule has 1 aromatic carbocycles. The Morgan fingerprint density at radius 2 is 2.21 bits per heavy atom. The third-order valence-electron chi connectivity index (χ3n) is 3.25. The Labute approximate surface area is 112 Å². The van der Waals surface area contributed by atoms with Crippen LogP contribution in [0, 0.1) is 0 Å². The van der Waals surface area contributed by atoms with Gasteiger partial charge >= 0.3 is 0 Å². The van der Waals surface area contributed by atoms with Gasteiger partial charge < -0.3 is 10.1 Å². The average molecular weight is 262 g/mol. The predicted molar refractivity (Wildman–Crippen MR) is 70.6 cm³/mol. The van der Waals surface area contributed by atoms with Gasteiger partial charge in [0.25, 0.3) is 0 Å². The summed E-state index contributed by atoms with van der Waals surface area (Å²) in [4.78, 5) is 24.8. The Hall–Kier alpha value is -1.88. The van der Waals surface area contributed by atoms with Gasteiger partial charge in [0.1, 0.15) is 5.75 Å². The van der Waals surface area contributed by atoms with E-state index in [9.17, 15) is 9.59 Å². The standard InChI is InChI=1S/C14H18N2O3/c1-3-16-13(17)8-12(14(16)18)15-9-10-5-4-6-11(7-10)19-2/h4-7,12,15H,3,8-9H2,1-2H3. The first-order valence-corrected chi connectivity index (χ1v) is 6.36. The van der Waals surface area contributed by atoms with Crippen molar-refractivity contribution in [2.24, 2.45) is 0 Å². The Bertz CT molecular complexity index is 487. The van der Waals surface area contributed by atoms with E-state index in [1.54, 1.807) is 14.0 Å². The molecule has 1 aliphatic heterocycles. The van der Waals surface area contributed by atoms with Crippen LogP contribution >= 0.6 is 0 Å². The van der Waals surface area contributed by atoms with Crippen LogP contribution in [0.3, 0.4) is 0 Å². The van der Waals surface area contributed by atoms with Crippen molar-refractivity contribution in [2.45, 2.75) is 25.9 Å². The van der Waals surface area contributed by atoms with Gasteiger partial charge in [-0.05, 0) is 24.6 Å². The lowest BCUT2D eigenvalue weighted by Crippen LogP contribution is -2.38. The highest BCUT2D eigenvalue weighted by molar-refractivity contribution is 6.05. The summed E-state index contributed by atoms with van der Waals surface area (Å²) in [6.07, 6.45) is 0.247. The summed E-state index contributed by atoms with van der Waals surface area (Å²) in [5.74, 6) is 0.550. The molecule has 1 unspecified atom stereocenters. The molecule has 5 nitrogen and oxygen atoms in total. The van der Waals surface area contributed by atoms with Gasteiger partial charge in [0.05, 0.1) is 19.6 Å². The summed E-state index contributed by atoms with van der Waals surface area (Å²) < 4.78 is 5.14. The molecule has 1 N–H and O–H groups in total. The first kappa shape index (κ1) is 13.5. The molecule has 1 aromatic rings. The first-order valence-electron chi connectivity index (χ1n) is 6.36. The minimum atomic E-state index is -0.404. The summed E-state index contributed by atoms with van der Waals surface area (Å²) in [5, 5.41) is 3.13. The van der Waals surface area contributed by atoms with Crippen LogP contribution in [0.5, 0.6) is 5.75 Å². The summed E-state index contributed by atoms with van der Waals surface area (Å²) in [7, 11) is 1.62. The Morgan fingerprint density at radius 3 is 2.84 bits per heavy atom. The lowest BCUT2D eigenvalue weighted by Gasteiger charge is -2.13. The Balaban J connectivity index is 1.96. The summed E-state index contributed by atoms with van der Waals surface area (Å²) in [6, 6.07) is 7.22. The largest absolute Gasteiger partial charge is 0.497 e. The quantitative estimate of drug-likeness (QED) is 0.802. The molecule has 0 aliphatic carbocycles. The van der Waals surface area contributed by atoms with Crippen molar-refractivity contribution in [2.75, 3.05) is 13.7 Å². The smallest absolute Gasteiger partial charge is 0.246 e. The topological polar surface area (TPSA) is 58.6 Å². The molecule has 1 saturated heterocycles. The van der Waals surface area contributed by atoms with Crippen LogP contribution < -0.4 is 10.1 Å². The van der Waals surface area contributed by atoms with Crippen LogP contribution in [0.4, 0.5) is 0 Å². The number of ether oxygens (including phenoxy) is 1. The number of amides is 2. The van der Waals surface area contributed by atoms with Gasteiger partial charge in [-0.25, -0.2) is 0 Å². The van der Waals surface area contributed by atoms with Crippen molar-refractivity contribution in [3.05, 3.63) is 29.8 Å². The molecule has 2 amide bonds. The lowest BCUT2D eigenvalue weighted by molar-refractivity contribution is -0.138. The van der Waals surface area contributed by atoms with E-state index in [2.05, 4.69) is 5.32 Å². The molecule has 2 rings (SSSR count). The van der Waals surface area contributed by atoms with E-state index in [1.807, 2.05) is 24.3 Å². The zero-order valence-electron chi connectivity index (χ0n) is 11.2. The molecule has 0 spiro atoms. The van der Waals surface area contributed by atoms with Crippen LogP contribution in [0.2, 0.25) is 0 Å². The molecule has 1 fully saturated rings. The first-order chi connectivity index (χ1) is 9.15. The molecule has 0 radical (unpaired) electrons. The van der Waals surface area contributed by atoms with Crippen molar-refractivity contribution in [1.29, 1.82) is 0 Å². The normalized spacial score (nSPS) is 19.1. The van der Waals surface area contributed by atoms with Gasteiger partial charge in [0, 0.05) is 13.1 Å². The van der Waals surface area contributed by atoms with Crippen molar-refractivity contribution in [3.8, 4) is 5.75 Å². The molecule has 1 heterocycles. The van der Waals surface area contributed by atoms with E-state index in [-0.39, 0.29) is 18.2 Å². The van der Waals surface area contributed by atoms with Gasteiger partial charge in [0.15, 0.2) is 0 Å².